The molecule has 2 atom stereocenters. The molecule has 1 aliphatic carbocycles. The fourth-order valence-electron chi connectivity index (χ4n) is 2.42. The van der Waals surface area contributed by atoms with Gasteiger partial charge in [-0.15, -0.1) is 0 Å². The Balaban J connectivity index is 1.70. The summed E-state index contributed by atoms with van der Waals surface area (Å²) in [4.78, 5) is 14.0. The summed E-state index contributed by atoms with van der Waals surface area (Å²) in [6.07, 6.45) is 5.50. The van der Waals surface area contributed by atoms with Crippen LogP contribution in [-0.2, 0) is 4.79 Å². The largest absolute Gasteiger partial charge is 0.392 e. The van der Waals surface area contributed by atoms with Crippen LogP contribution in [0.1, 0.15) is 39.0 Å². The molecule has 1 amide bonds. The van der Waals surface area contributed by atoms with Crippen molar-refractivity contribution in [3.05, 3.63) is 0 Å². The smallest absolute Gasteiger partial charge is 0.239 e. The highest BCUT2D eigenvalue weighted by Gasteiger charge is 2.30. The van der Waals surface area contributed by atoms with Gasteiger partial charge in [-0.1, -0.05) is 0 Å². The van der Waals surface area contributed by atoms with Crippen LogP contribution in [0.3, 0.4) is 0 Å². The Morgan fingerprint density at radius 3 is 2.59 bits per heavy atom. The normalized spacial score (nSPS) is 24.5. The summed E-state index contributed by atoms with van der Waals surface area (Å²) >= 11 is 0. The van der Waals surface area contributed by atoms with Gasteiger partial charge in [0.25, 0.3) is 0 Å². The van der Waals surface area contributed by atoms with E-state index in [1.165, 1.54) is 6.42 Å². The summed E-state index contributed by atoms with van der Waals surface area (Å²) in [6, 6.07) is -0.165. The van der Waals surface area contributed by atoms with Crippen molar-refractivity contribution in [2.45, 2.75) is 51.2 Å². The first-order valence-corrected chi connectivity index (χ1v) is 6.88. The average Bonchev–Trinajstić information content (AvgIpc) is 3.20. The zero-order valence-electron chi connectivity index (χ0n) is 10.7. The molecule has 0 aromatic carbocycles. The van der Waals surface area contributed by atoms with Crippen molar-refractivity contribution < 1.29 is 9.90 Å². The number of rotatable bonds is 5. The van der Waals surface area contributed by atoms with Crippen LogP contribution >= 0.6 is 0 Å². The number of carbonyl (C=O) groups is 1. The van der Waals surface area contributed by atoms with Crippen molar-refractivity contribution in [3.8, 4) is 0 Å². The second kappa shape index (κ2) is 5.83. The predicted octanol–water partition coefficient (Wildman–Crippen LogP) is 0.748. The molecule has 4 nitrogen and oxygen atoms in total. The minimum Gasteiger partial charge on any atom is -0.392 e. The molecule has 1 heterocycles. The Labute approximate surface area is 103 Å². The van der Waals surface area contributed by atoms with Crippen LogP contribution in [0.5, 0.6) is 0 Å². The molecule has 0 radical (unpaired) electrons. The van der Waals surface area contributed by atoms with Gasteiger partial charge in [0, 0.05) is 19.6 Å². The zero-order valence-corrected chi connectivity index (χ0v) is 10.7. The average molecular weight is 240 g/mol. The third-order valence-electron chi connectivity index (χ3n) is 3.84. The molecule has 17 heavy (non-hydrogen) atoms. The lowest BCUT2D eigenvalue weighted by molar-refractivity contribution is -0.134. The van der Waals surface area contributed by atoms with Crippen LogP contribution in [0.4, 0.5) is 0 Å². The molecule has 1 aliphatic heterocycles. The molecular weight excluding hydrogens is 216 g/mol. The van der Waals surface area contributed by atoms with Gasteiger partial charge in [-0.3, -0.25) is 4.79 Å². The van der Waals surface area contributed by atoms with Crippen molar-refractivity contribution in [2.75, 3.05) is 19.6 Å². The minimum atomic E-state index is -0.272. The summed E-state index contributed by atoms with van der Waals surface area (Å²) in [7, 11) is 0. The van der Waals surface area contributed by atoms with E-state index < -0.39 is 0 Å². The maximum Gasteiger partial charge on any atom is 0.239 e. The first kappa shape index (κ1) is 12.8. The van der Waals surface area contributed by atoms with E-state index in [1.54, 1.807) is 0 Å². The Kier molecular flexibility index (Phi) is 4.40. The molecule has 1 saturated carbocycles. The lowest BCUT2D eigenvalue weighted by atomic mass is 10.1. The number of amides is 1. The highest BCUT2D eigenvalue weighted by atomic mass is 16.3. The van der Waals surface area contributed by atoms with Gasteiger partial charge in [0.05, 0.1) is 12.1 Å². The van der Waals surface area contributed by atoms with Gasteiger partial charge in [-0.2, -0.15) is 0 Å². The molecule has 2 unspecified atom stereocenters. The molecule has 0 bridgehead atoms. The number of nitrogens with zero attached hydrogens (tertiary/aromatic N) is 1. The standard InChI is InChI=1S/C13H24N2O2/c1-10(14-9-12(16)11-5-6-11)13(17)15-7-3-2-4-8-15/h10-12,14,16H,2-9H2,1H3. The van der Waals surface area contributed by atoms with Crippen LogP contribution < -0.4 is 5.32 Å². The second-order valence-corrected chi connectivity index (χ2v) is 5.42. The molecule has 98 valence electrons. The SMILES string of the molecule is CC(NCC(O)C1CC1)C(=O)N1CCCCC1. The molecule has 0 aromatic heterocycles. The quantitative estimate of drug-likeness (QED) is 0.745. The highest BCUT2D eigenvalue weighted by molar-refractivity contribution is 5.81. The number of hydrogen-bond donors (Lipinski definition) is 2. The summed E-state index contributed by atoms with van der Waals surface area (Å²) in [5.41, 5.74) is 0. The topological polar surface area (TPSA) is 52.6 Å². The maximum atomic E-state index is 12.1. The molecule has 2 N–H and O–H groups in total. The van der Waals surface area contributed by atoms with Gasteiger partial charge in [0.2, 0.25) is 5.91 Å². The third kappa shape index (κ3) is 3.68. The van der Waals surface area contributed by atoms with E-state index in [-0.39, 0.29) is 18.1 Å². The van der Waals surface area contributed by atoms with Crippen LogP contribution in [0, 0.1) is 5.92 Å². The lowest BCUT2D eigenvalue weighted by Crippen LogP contribution is -2.48. The van der Waals surface area contributed by atoms with Gasteiger partial charge in [0.1, 0.15) is 0 Å². The van der Waals surface area contributed by atoms with Gasteiger partial charge in [0.15, 0.2) is 0 Å². The number of hydrogen-bond acceptors (Lipinski definition) is 3. The maximum absolute atomic E-state index is 12.1. The molecular formula is C13H24N2O2. The van der Waals surface area contributed by atoms with Crippen molar-refractivity contribution in [2.24, 2.45) is 5.92 Å². The first-order valence-electron chi connectivity index (χ1n) is 6.88. The van der Waals surface area contributed by atoms with Crippen LogP contribution in [0.15, 0.2) is 0 Å². The number of aliphatic hydroxyl groups is 1. The Bertz CT molecular complexity index is 260. The van der Waals surface area contributed by atoms with E-state index in [1.807, 2.05) is 11.8 Å². The number of nitrogens with one attached hydrogen (secondary N) is 1. The van der Waals surface area contributed by atoms with Crippen LogP contribution in [0.25, 0.3) is 0 Å². The van der Waals surface area contributed by atoms with E-state index in [0.29, 0.717) is 12.5 Å². The zero-order chi connectivity index (χ0) is 12.3. The Hall–Kier alpha value is -0.610. The van der Waals surface area contributed by atoms with Gasteiger partial charge in [-0.25, -0.2) is 0 Å². The number of likely N-dealkylation sites (tertiary alicyclic amines) is 1. The number of piperidine rings is 1. The summed E-state index contributed by atoms with van der Waals surface area (Å²) in [5, 5.41) is 12.9. The monoisotopic (exact) mass is 240 g/mol. The van der Waals surface area contributed by atoms with E-state index in [0.717, 1.165) is 38.8 Å². The lowest BCUT2D eigenvalue weighted by Gasteiger charge is -2.29. The third-order valence-corrected chi connectivity index (χ3v) is 3.84. The summed E-state index contributed by atoms with van der Waals surface area (Å²) < 4.78 is 0. The number of carbonyl (C=O) groups excluding carboxylic acids is 1. The van der Waals surface area contributed by atoms with Crippen molar-refractivity contribution >= 4 is 5.91 Å². The van der Waals surface area contributed by atoms with Crippen LogP contribution in [-0.4, -0.2) is 47.7 Å². The molecule has 1 saturated heterocycles. The number of aliphatic hydroxyl groups excluding tert-OH is 1. The minimum absolute atomic E-state index is 0.165. The van der Waals surface area contributed by atoms with E-state index in [4.69, 9.17) is 0 Å². The molecule has 2 aliphatic rings. The predicted molar refractivity (Wildman–Crippen MR) is 66.6 cm³/mol. The van der Waals surface area contributed by atoms with Crippen molar-refractivity contribution in [3.63, 3.8) is 0 Å². The summed E-state index contributed by atoms with van der Waals surface area (Å²) in [5.74, 6) is 0.660. The van der Waals surface area contributed by atoms with Gasteiger partial charge in [-0.05, 0) is 44.9 Å². The van der Waals surface area contributed by atoms with Crippen molar-refractivity contribution in [1.82, 2.24) is 10.2 Å². The van der Waals surface area contributed by atoms with E-state index in [2.05, 4.69) is 5.32 Å². The molecule has 0 aromatic rings. The van der Waals surface area contributed by atoms with Crippen molar-refractivity contribution in [1.29, 1.82) is 0 Å². The van der Waals surface area contributed by atoms with Crippen LogP contribution in [0.2, 0.25) is 0 Å². The Morgan fingerprint density at radius 1 is 1.35 bits per heavy atom. The summed E-state index contributed by atoms with van der Waals surface area (Å²) in [6.45, 7) is 4.24. The first-order chi connectivity index (χ1) is 8.18. The fourth-order valence-corrected chi connectivity index (χ4v) is 2.42. The fraction of sp³-hybridized carbons (Fsp3) is 0.923. The molecule has 4 heteroatoms. The molecule has 2 fully saturated rings. The van der Waals surface area contributed by atoms with Gasteiger partial charge >= 0.3 is 0 Å². The molecule has 0 spiro atoms. The highest BCUT2D eigenvalue weighted by Crippen LogP contribution is 2.32. The van der Waals surface area contributed by atoms with Gasteiger partial charge < -0.3 is 15.3 Å². The Morgan fingerprint density at radius 2 is 2.00 bits per heavy atom. The van der Waals surface area contributed by atoms with E-state index >= 15 is 0 Å². The molecule has 2 rings (SSSR count). The second-order valence-electron chi connectivity index (χ2n) is 5.42. The van der Waals surface area contributed by atoms with E-state index in [9.17, 15) is 9.90 Å².